The van der Waals surface area contributed by atoms with Gasteiger partial charge in [0.15, 0.2) is 0 Å². The van der Waals surface area contributed by atoms with Crippen LogP contribution in [-0.4, -0.2) is 4.98 Å². The second kappa shape index (κ2) is 5.56. The molecule has 5 heteroatoms. The van der Waals surface area contributed by atoms with Crippen LogP contribution < -0.4 is 11.3 Å². The third-order valence-corrected chi connectivity index (χ3v) is 3.20. The van der Waals surface area contributed by atoms with Crippen LogP contribution in [0.3, 0.4) is 0 Å². The average Bonchev–Trinajstić information content (AvgIpc) is 2.33. The SMILES string of the molecule is Cc1cc(F)ccc1C(NN)c1cncc(Br)c1. The number of nitrogens with one attached hydrogen (secondary N) is 1. The van der Waals surface area contributed by atoms with Gasteiger partial charge in [-0.05, 0) is 57.7 Å². The number of hydrogen-bond donors (Lipinski definition) is 2. The second-order valence-electron chi connectivity index (χ2n) is 4.04. The number of nitrogens with two attached hydrogens (primary N) is 1. The smallest absolute Gasteiger partial charge is 0.123 e. The number of pyridine rings is 1. The Morgan fingerprint density at radius 2 is 2.11 bits per heavy atom. The lowest BCUT2D eigenvalue weighted by Gasteiger charge is -2.19. The van der Waals surface area contributed by atoms with Gasteiger partial charge in [-0.2, -0.15) is 0 Å². The predicted octanol–water partition coefficient (Wildman–Crippen LogP) is 2.84. The molecule has 1 unspecified atom stereocenters. The minimum Gasteiger partial charge on any atom is -0.271 e. The van der Waals surface area contributed by atoms with Crippen molar-refractivity contribution in [2.24, 2.45) is 5.84 Å². The molecule has 0 radical (unpaired) electrons. The van der Waals surface area contributed by atoms with Crippen molar-refractivity contribution in [2.75, 3.05) is 0 Å². The van der Waals surface area contributed by atoms with Crippen molar-refractivity contribution in [2.45, 2.75) is 13.0 Å². The van der Waals surface area contributed by atoms with Gasteiger partial charge in [0.1, 0.15) is 5.82 Å². The average molecular weight is 310 g/mol. The molecule has 0 amide bonds. The molecule has 2 rings (SSSR count). The van der Waals surface area contributed by atoms with E-state index in [0.29, 0.717) is 0 Å². The summed E-state index contributed by atoms with van der Waals surface area (Å²) in [4.78, 5) is 4.11. The van der Waals surface area contributed by atoms with Crippen LogP contribution in [0.25, 0.3) is 0 Å². The van der Waals surface area contributed by atoms with Gasteiger partial charge in [0.2, 0.25) is 0 Å². The van der Waals surface area contributed by atoms with Gasteiger partial charge in [0.05, 0.1) is 6.04 Å². The largest absolute Gasteiger partial charge is 0.271 e. The zero-order valence-corrected chi connectivity index (χ0v) is 11.4. The first-order valence-electron chi connectivity index (χ1n) is 5.44. The Labute approximate surface area is 113 Å². The summed E-state index contributed by atoms with van der Waals surface area (Å²) in [5.74, 6) is 5.36. The summed E-state index contributed by atoms with van der Waals surface area (Å²) >= 11 is 3.37. The quantitative estimate of drug-likeness (QED) is 0.677. The molecule has 0 saturated heterocycles. The fourth-order valence-electron chi connectivity index (χ4n) is 1.91. The minimum atomic E-state index is -0.251. The molecule has 0 fully saturated rings. The van der Waals surface area contributed by atoms with Crippen LogP contribution >= 0.6 is 15.9 Å². The van der Waals surface area contributed by atoms with Gasteiger partial charge in [-0.3, -0.25) is 10.8 Å². The van der Waals surface area contributed by atoms with E-state index in [0.717, 1.165) is 21.2 Å². The van der Waals surface area contributed by atoms with Crippen molar-refractivity contribution in [3.8, 4) is 0 Å². The van der Waals surface area contributed by atoms with Crippen LogP contribution in [0.2, 0.25) is 0 Å². The van der Waals surface area contributed by atoms with Gasteiger partial charge >= 0.3 is 0 Å². The molecule has 1 heterocycles. The van der Waals surface area contributed by atoms with E-state index in [2.05, 4.69) is 26.3 Å². The third-order valence-electron chi connectivity index (χ3n) is 2.77. The maximum absolute atomic E-state index is 13.1. The van der Waals surface area contributed by atoms with Crippen molar-refractivity contribution in [1.82, 2.24) is 10.4 Å². The standard InChI is InChI=1S/C13H13BrFN3/c1-8-4-11(15)2-3-12(8)13(18-16)9-5-10(14)7-17-6-9/h2-7,13,18H,16H2,1H3. The zero-order chi connectivity index (χ0) is 13.1. The predicted molar refractivity (Wildman–Crippen MR) is 72.2 cm³/mol. The Bertz CT molecular complexity index is 560. The highest BCUT2D eigenvalue weighted by Gasteiger charge is 2.15. The Balaban J connectivity index is 2.45. The Morgan fingerprint density at radius 1 is 1.33 bits per heavy atom. The summed E-state index contributed by atoms with van der Waals surface area (Å²) in [7, 11) is 0. The molecule has 0 bridgehead atoms. The minimum absolute atomic E-state index is 0.212. The molecule has 1 aromatic heterocycles. The van der Waals surface area contributed by atoms with Crippen LogP contribution in [-0.2, 0) is 0 Å². The van der Waals surface area contributed by atoms with Gasteiger partial charge < -0.3 is 0 Å². The molecule has 0 saturated carbocycles. The summed E-state index contributed by atoms with van der Waals surface area (Å²) in [5, 5.41) is 0. The van der Waals surface area contributed by atoms with E-state index < -0.39 is 0 Å². The molecule has 3 N–H and O–H groups in total. The lowest BCUT2D eigenvalue weighted by Crippen LogP contribution is -2.29. The van der Waals surface area contributed by atoms with Crippen molar-refractivity contribution in [1.29, 1.82) is 0 Å². The highest BCUT2D eigenvalue weighted by atomic mass is 79.9. The molecule has 18 heavy (non-hydrogen) atoms. The molecule has 94 valence electrons. The number of halogens is 2. The van der Waals surface area contributed by atoms with E-state index in [-0.39, 0.29) is 11.9 Å². The van der Waals surface area contributed by atoms with Gasteiger partial charge in [-0.1, -0.05) is 6.07 Å². The van der Waals surface area contributed by atoms with Crippen LogP contribution in [0.4, 0.5) is 4.39 Å². The summed E-state index contributed by atoms with van der Waals surface area (Å²) in [5.41, 5.74) is 5.43. The molecule has 0 spiro atoms. The fraction of sp³-hybridized carbons (Fsp3) is 0.154. The topological polar surface area (TPSA) is 50.9 Å². The Kier molecular flexibility index (Phi) is 4.06. The van der Waals surface area contributed by atoms with E-state index in [9.17, 15) is 4.39 Å². The van der Waals surface area contributed by atoms with Crippen LogP contribution in [0.15, 0.2) is 41.1 Å². The van der Waals surface area contributed by atoms with Gasteiger partial charge in [-0.25, -0.2) is 9.82 Å². The maximum Gasteiger partial charge on any atom is 0.123 e. The van der Waals surface area contributed by atoms with Crippen molar-refractivity contribution in [3.05, 3.63) is 63.6 Å². The van der Waals surface area contributed by atoms with E-state index in [1.807, 2.05) is 13.0 Å². The van der Waals surface area contributed by atoms with E-state index in [1.165, 1.54) is 12.1 Å². The van der Waals surface area contributed by atoms with Crippen molar-refractivity contribution >= 4 is 15.9 Å². The normalized spacial score (nSPS) is 12.4. The van der Waals surface area contributed by atoms with E-state index >= 15 is 0 Å². The number of aryl methyl sites for hydroxylation is 1. The number of hydrazine groups is 1. The first kappa shape index (κ1) is 13.1. The summed E-state index contributed by atoms with van der Waals surface area (Å²) in [6, 6.07) is 6.37. The molecule has 0 aliphatic rings. The van der Waals surface area contributed by atoms with Crippen molar-refractivity contribution in [3.63, 3.8) is 0 Å². The highest BCUT2D eigenvalue weighted by Crippen LogP contribution is 2.25. The lowest BCUT2D eigenvalue weighted by atomic mass is 9.96. The number of rotatable bonds is 3. The van der Waals surface area contributed by atoms with Crippen LogP contribution in [0.1, 0.15) is 22.7 Å². The van der Waals surface area contributed by atoms with Crippen LogP contribution in [0.5, 0.6) is 0 Å². The number of benzene rings is 1. The molecular weight excluding hydrogens is 297 g/mol. The summed E-state index contributed by atoms with van der Waals surface area (Å²) in [6.07, 6.45) is 3.44. The molecule has 2 aromatic rings. The lowest BCUT2D eigenvalue weighted by molar-refractivity contribution is 0.611. The molecule has 0 aliphatic heterocycles. The van der Waals surface area contributed by atoms with Gasteiger partial charge in [-0.15, -0.1) is 0 Å². The zero-order valence-electron chi connectivity index (χ0n) is 9.82. The molecule has 3 nitrogen and oxygen atoms in total. The first-order valence-corrected chi connectivity index (χ1v) is 6.23. The Morgan fingerprint density at radius 3 is 2.72 bits per heavy atom. The molecule has 1 atom stereocenters. The van der Waals surface area contributed by atoms with Gasteiger partial charge in [0, 0.05) is 16.9 Å². The number of hydrogen-bond acceptors (Lipinski definition) is 3. The highest BCUT2D eigenvalue weighted by molar-refractivity contribution is 9.10. The molecule has 1 aromatic carbocycles. The monoisotopic (exact) mass is 309 g/mol. The first-order chi connectivity index (χ1) is 8.61. The van der Waals surface area contributed by atoms with Crippen molar-refractivity contribution < 1.29 is 4.39 Å². The summed E-state index contributed by atoms with van der Waals surface area (Å²) in [6.45, 7) is 1.86. The number of aromatic nitrogens is 1. The maximum atomic E-state index is 13.1. The Hall–Kier alpha value is -1.30. The summed E-state index contributed by atoms with van der Waals surface area (Å²) < 4.78 is 14.0. The number of nitrogens with zero attached hydrogens (tertiary/aromatic N) is 1. The van der Waals surface area contributed by atoms with Gasteiger partial charge in [0.25, 0.3) is 0 Å². The van der Waals surface area contributed by atoms with E-state index in [1.54, 1.807) is 18.5 Å². The van der Waals surface area contributed by atoms with Crippen LogP contribution in [0, 0.1) is 12.7 Å². The van der Waals surface area contributed by atoms with E-state index in [4.69, 9.17) is 5.84 Å². The molecule has 0 aliphatic carbocycles. The molecular formula is C13H13BrFN3. The second-order valence-corrected chi connectivity index (χ2v) is 4.95. The fourth-order valence-corrected chi connectivity index (χ4v) is 2.30. The third kappa shape index (κ3) is 2.75.